The average Bonchev–Trinajstić information content (AvgIpc) is 2.28. The van der Waals surface area contributed by atoms with Gasteiger partial charge in [0.15, 0.2) is 12.0 Å². The van der Waals surface area contributed by atoms with Crippen LogP contribution in [0.2, 0.25) is 0 Å². The Morgan fingerprint density at radius 1 is 1.17 bits per heavy atom. The summed E-state index contributed by atoms with van der Waals surface area (Å²) in [5.41, 5.74) is 0. The van der Waals surface area contributed by atoms with E-state index in [1.807, 2.05) is 0 Å². The molecule has 1 atom stereocenters. The molecule has 1 saturated carbocycles. The lowest BCUT2D eigenvalue weighted by atomic mass is 10.1. The summed E-state index contributed by atoms with van der Waals surface area (Å²) < 4.78 is 23.8. The standard InChI is InChI=1S/C9H17FO2/c1-11-9(12-2)7-5-3-4-6-8(9)10/h8H,3-7H2,1-2H3/t8-/m0/s1. The molecule has 72 valence electrons. The first kappa shape index (κ1) is 9.93. The van der Waals surface area contributed by atoms with Crippen LogP contribution in [0, 0.1) is 0 Å². The number of alkyl halides is 1. The second-order valence-electron chi connectivity index (χ2n) is 3.29. The van der Waals surface area contributed by atoms with Gasteiger partial charge in [0.2, 0.25) is 0 Å². The third-order valence-electron chi connectivity index (χ3n) is 2.65. The van der Waals surface area contributed by atoms with Crippen molar-refractivity contribution in [1.82, 2.24) is 0 Å². The molecule has 0 aromatic rings. The highest BCUT2D eigenvalue weighted by Crippen LogP contribution is 2.32. The van der Waals surface area contributed by atoms with Gasteiger partial charge in [0.1, 0.15) is 0 Å². The lowest BCUT2D eigenvalue weighted by Crippen LogP contribution is -2.42. The number of hydrogen-bond acceptors (Lipinski definition) is 2. The minimum absolute atomic E-state index is 0.557. The molecule has 0 bridgehead atoms. The van der Waals surface area contributed by atoms with Gasteiger partial charge in [0.25, 0.3) is 0 Å². The van der Waals surface area contributed by atoms with Gasteiger partial charge in [-0.15, -0.1) is 0 Å². The van der Waals surface area contributed by atoms with Crippen LogP contribution in [-0.4, -0.2) is 26.2 Å². The third kappa shape index (κ3) is 1.77. The van der Waals surface area contributed by atoms with Crippen LogP contribution in [0.4, 0.5) is 4.39 Å². The molecular weight excluding hydrogens is 159 g/mol. The smallest absolute Gasteiger partial charge is 0.199 e. The maximum Gasteiger partial charge on any atom is 0.199 e. The van der Waals surface area contributed by atoms with Crippen LogP contribution in [-0.2, 0) is 9.47 Å². The summed E-state index contributed by atoms with van der Waals surface area (Å²) in [6.07, 6.45) is 3.25. The molecule has 12 heavy (non-hydrogen) atoms. The molecule has 0 spiro atoms. The highest BCUT2D eigenvalue weighted by molar-refractivity contribution is 4.82. The molecule has 2 nitrogen and oxygen atoms in total. The van der Waals surface area contributed by atoms with Crippen molar-refractivity contribution >= 4 is 0 Å². The molecule has 1 fully saturated rings. The Morgan fingerprint density at radius 3 is 2.42 bits per heavy atom. The van der Waals surface area contributed by atoms with Gasteiger partial charge in [0.05, 0.1) is 0 Å². The second-order valence-corrected chi connectivity index (χ2v) is 3.29. The van der Waals surface area contributed by atoms with Gasteiger partial charge < -0.3 is 9.47 Å². The van der Waals surface area contributed by atoms with Crippen LogP contribution in [0.15, 0.2) is 0 Å². The molecule has 0 heterocycles. The maximum atomic E-state index is 13.5. The van der Waals surface area contributed by atoms with Gasteiger partial charge in [-0.1, -0.05) is 12.8 Å². The third-order valence-corrected chi connectivity index (χ3v) is 2.65. The zero-order chi connectivity index (χ0) is 9.03. The quantitative estimate of drug-likeness (QED) is 0.474. The Hall–Kier alpha value is -0.150. The van der Waals surface area contributed by atoms with E-state index in [1.54, 1.807) is 0 Å². The molecule has 3 heteroatoms. The monoisotopic (exact) mass is 176 g/mol. The number of rotatable bonds is 2. The summed E-state index contributed by atoms with van der Waals surface area (Å²) in [6, 6.07) is 0. The Morgan fingerprint density at radius 2 is 1.83 bits per heavy atom. The predicted octanol–water partition coefficient (Wildman–Crippen LogP) is 2.28. The molecule has 0 amide bonds. The van der Waals surface area contributed by atoms with E-state index in [1.165, 1.54) is 14.2 Å². The highest BCUT2D eigenvalue weighted by atomic mass is 19.1. The zero-order valence-electron chi connectivity index (χ0n) is 7.81. The summed E-state index contributed by atoms with van der Waals surface area (Å²) in [7, 11) is 3.03. The highest BCUT2D eigenvalue weighted by Gasteiger charge is 2.40. The minimum atomic E-state index is -0.977. The van der Waals surface area contributed by atoms with Crippen molar-refractivity contribution in [2.45, 2.75) is 44.1 Å². The largest absolute Gasteiger partial charge is 0.351 e. The van der Waals surface area contributed by atoms with Crippen LogP contribution >= 0.6 is 0 Å². The molecule has 1 rings (SSSR count). The minimum Gasteiger partial charge on any atom is -0.351 e. The van der Waals surface area contributed by atoms with Gasteiger partial charge in [-0.3, -0.25) is 0 Å². The van der Waals surface area contributed by atoms with Gasteiger partial charge in [-0.25, -0.2) is 4.39 Å². The van der Waals surface area contributed by atoms with E-state index < -0.39 is 12.0 Å². The van der Waals surface area contributed by atoms with Gasteiger partial charge in [0, 0.05) is 20.6 Å². The molecule has 0 unspecified atom stereocenters. The van der Waals surface area contributed by atoms with E-state index in [0.29, 0.717) is 12.8 Å². The topological polar surface area (TPSA) is 18.5 Å². The first-order chi connectivity index (χ1) is 5.75. The lowest BCUT2D eigenvalue weighted by Gasteiger charge is -2.32. The SMILES string of the molecule is COC1(OC)CCCCC[C@@H]1F. The maximum absolute atomic E-state index is 13.5. The van der Waals surface area contributed by atoms with Crippen LogP contribution in [0.25, 0.3) is 0 Å². The molecule has 0 aliphatic heterocycles. The Kier molecular flexibility index (Phi) is 3.47. The van der Waals surface area contributed by atoms with Crippen molar-refractivity contribution < 1.29 is 13.9 Å². The zero-order valence-corrected chi connectivity index (χ0v) is 7.81. The van der Waals surface area contributed by atoms with Crippen LogP contribution in [0.1, 0.15) is 32.1 Å². The van der Waals surface area contributed by atoms with Crippen molar-refractivity contribution in [1.29, 1.82) is 0 Å². The van der Waals surface area contributed by atoms with Crippen molar-refractivity contribution in [2.24, 2.45) is 0 Å². The van der Waals surface area contributed by atoms with E-state index >= 15 is 0 Å². The van der Waals surface area contributed by atoms with E-state index in [0.717, 1.165) is 19.3 Å². The second kappa shape index (κ2) is 4.19. The van der Waals surface area contributed by atoms with E-state index in [-0.39, 0.29) is 0 Å². The van der Waals surface area contributed by atoms with Gasteiger partial charge in [-0.2, -0.15) is 0 Å². The van der Waals surface area contributed by atoms with E-state index in [9.17, 15) is 4.39 Å². The molecule has 0 saturated heterocycles. The molecule has 1 aliphatic rings. The van der Waals surface area contributed by atoms with Crippen LogP contribution in [0.5, 0.6) is 0 Å². The number of halogens is 1. The Balaban J connectivity index is 2.66. The first-order valence-electron chi connectivity index (χ1n) is 4.49. The van der Waals surface area contributed by atoms with E-state index in [2.05, 4.69) is 0 Å². The first-order valence-corrected chi connectivity index (χ1v) is 4.49. The number of ether oxygens (including phenoxy) is 2. The van der Waals surface area contributed by atoms with Gasteiger partial charge >= 0.3 is 0 Å². The Labute approximate surface area is 73.0 Å². The van der Waals surface area contributed by atoms with Crippen LogP contribution in [0.3, 0.4) is 0 Å². The van der Waals surface area contributed by atoms with Crippen molar-refractivity contribution in [3.05, 3.63) is 0 Å². The Bertz CT molecular complexity index is 134. The fraction of sp³-hybridized carbons (Fsp3) is 1.00. The molecular formula is C9H17FO2. The van der Waals surface area contributed by atoms with E-state index in [4.69, 9.17) is 9.47 Å². The fourth-order valence-corrected chi connectivity index (χ4v) is 1.79. The summed E-state index contributed by atoms with van der Waals surface area (Å²) >= 11 is 0. The molecule has 0 radical (unpaired) electrons. The molecule has 1 aliphatic carbocycles. The predicted molar refractivity (Wildman–Crippen MR) is 44.7 cm³/mol. The van der Waals surface area contributed by atoms with Crippen LogP contribution < -0.4 is 0 Å². The van der Waals surface area contributed by atoms with Crippen molar-refractivity contribution in [3.8, 4) is 0 Å². The molecule has 0 N–H and O–H groups in total. The van der Waals surface area contributed by atoms with Crippen molar-refractivity contribution in [3.63, 3.8) is 0 Å². The summed E-state index contributed by atoms with van der Waals surface area (Å²) in [4.78, 5) is 0. The summed E-state index contributed by atoms with van der Waals surface area (Å²) in [6.45, 7) is 0. The average molecular weight is 176 g/mol. The molecule has 0 aromatic heterocycles. The summed E-state index contributed by atoms with van der Waals surface area (Å²) in [5.74, 6) is -0.962. The normalized spacial score (nSPS) is 29.8. The number of methoxy groups -OCH3 is 2. The van der Waals surface area contributed by atoms with Crippen molar-refractivity contribution in [2.75, 3.05) is 14.2 Å². The van der Waals surface area contributed by atoms with Gasteiger partial charge in [-0.05, 0) is 12.8 Å². The molecule has 0 aromatic carbocycles. The fourth-order valence-electron chi connectivity index (χ4n) is 1.79. The summed E-state index contributed by atoms with van der Waals surface area (Å²) in [5, 5.41) is 0. The lowest BCUT2D eigenvalue weighted by molar-refractivity contribution is -0.245. The number of hydrogen-bond donors (Lipinski definition) is 0.